The summed E-state index contributed by atoms with van der Waals surface area (Å²) in [7, 11) is 2.12. The van der Waals surface area contributed by atoms with E-state index in [0.29, 0.717) is 35.6 Å². The van der Waals surface area contributed by atoms with Crippen molar-refractivity contribution in [3.63, 3.8) is 0 Å². The maximum atomic E-state index is 12.9. The fourth-order valence-electron chi connectivity index (χ4n) is 5.23. The lowest BCUT2D eigenvalue weighted by Crippen LogP contribution is -2.44. The first-order valence-corrected chi connectivity index (χ1v) is 14.3. The smallest absolute Gasteiger partial charge is 0.246 e. The first kappa shape index (κ1) is 26.8. The minimum absolute atomic E-state index is 0.0633. The molecule has 6 rings (SSSR count). The van der Waals surface area contributed by atoms with Gasteiger partial charge in [-0.1, -0.05) is 24.3 Å². The number of likely N-dealkylation sites (N-methyl/N-ethyl adjacent to an activating group) is 1. The third-order valence-electron chi connectivity index (χ3n) is 7.67. The second-order valence-corrected chi connectivity index (χ2v) is 10.9. The van der Waals surface area contributed by atoms with E-state index < -0.39 is 0 Å². The number of para-hydroxylation sites is 1. The van der Waals surface area contributed by atoms with Gasteiger partial charge in [-0.3, -0.25) is 14.8 Å². The molecule has 3 heterocycles. The Labute approximate surface area is 240 Å². The topological polar surface area (TPSA) is 95.6 Å². The first-order valence-electron chi connectivity index (χ1n) is 14.3. The van der Waals surface area contributed by atoms with E-state index in [0.717, 1.165) is 48.4 Å². The van der Waals surface area contributed by atoms with Gasteiger partial charge < -0.3 is 19.7 Å². The number of aryl methyl sites for hydroxylation is 1. The molecular formula is C32H36N6O3. The largest absolute Gasteiger partial charge is 0.457 e. The third kappa shape index (κ3) is 6.52. The van der Waals surface area contributed by atoms with Gasteiger partial charge in [0.15, 0.2) is 11.5 Å². The number of piperidine rings is 1. The standard InChI is InChI=1S/C32H36N6O3/c1-22-20-26(14-15-27(22)40-25-9-4-3-5-10-25)41-28-16-17-33-31-30(28)32(36-35-31)34-23-8-6-19-38(21-23)29(39)11-7-18-37(2)24-12-13-24/h3-5,7,9-11,14-17,20,23-24H,6,8,12-13,18-19,21H2,1-2H3,(H2,33,34,35,36)/t23-/m1/s1. The molecular weight excluding hydrogens is 516 g/mol. The minimum Gasteiger partial charge on any atom is -0.457 e. The molecule has 0 spiro atoms. The Balaban J connectivity index is 1.13. The lowest BCUT2D eigenvalue weighted by atomic mass is 10.1. The molecule has 2 aliphatic rings. The molecule has 0 bridgehead atoms. The Kier molecular flexibility index (Phi) is 7.86. The number of carbonyl (C=O) groups is 1. The predicted molar refractivity (Wildman–Crippen MR) is 160 cm³/mol. The molecule has 4 aromatic rings. The summed E-state index contributed by atoms with van der Waals surface area (Å²) in [6, 6.07) is 18.1. The Morgan fingerprint density at radius 2 is 1.93 bits per heavy atom. The van der Waals surface area contributed by atoms with Gasteiger partial charge in [-0.2, -0.15) is 5.10 Å². The average molecular weight is 553 g/mol. The lowest BCUT2D eigenvalue weighted by molar-refractivity contribution is -0.127. The highest BCUT2D eigenvalue weighted by Crippen LogP contribution is 2.35. The van der Waals surface area contributed by atoms with Crippen molar-refractivity contribution in [3.8, 4) is 23.0 Å². The molecule has 9 heteroatoms. The zero-order valence-electron chi connectivity index (χ0n) is 23.5. The zero-order chi connectivity index (χ0) is 28.2. The van der Waals surface area contributed by atoms with Crippen LogP contribution in [-0.4, -0.2) is 69.7 Å². The number of benzene rings is 2. The van der Waals surface area contributed by atoms with Crippen LogP contribution in [-0.2, 0) is 4.79 Å². The summed E-state index contributed by atoms with van der Waals surface area (Å²) in [5.74, 6) is 3.63. The summed E-state index contributed by atoms with van der Waals surface area (Å²) in [4.78, 5) is 21.5. The van der Waals surface area contributed by atoms with Gasteiger partial charge in [-0.25, -0.2) is 4.98 Å². The molecule has 1 aliphatic heterocycles. The fourth-order valence-corrected chi connectivity index (χ4v) is 5.23. The number of hydrogen-bond donors (Lipinski definition) is 2. The van der Waals surface area contributed by atoms with Gasteiger partial charge in [0.05, 0.1) is 0 Å². The maximum absolute atomic E-state index is 12.9. The Morgan fingerprint density at radius 3 is 2.73 bits per heavy atom. The number of aromatic amines is 1. The molecule has 41 heavy (non-hydrogen) atoms. The van der Waals surface area contributed by atoms with Crippen LogP contribution in [0.5, 0.6) is 23.0 Å². The molecule has 9 nitrogen and oxygen atoms in total. The van der Waals surface area contributed by atoms with Crippen molar-refractivity contribution in [1.29, 1.82) is 0 Å². The van der Waals surface area contributed by atoms with Crippen molar-refractivity contribution < 1.29 is 14.3 Å². The van der Waals surface area contributed by atoms with Gasteiger partial charge in [-0.15, -0.1) is 0 Å². The van der Waals surface area contributed by atoms with E-state index in [1.54, 1.807) is 12.3 Å². The Hall–Kier alpha value is -4.37. The monoisotopic (exact) mass is 552 g/mol. The number of ether oxygens (including phenoxy) is 2. The number of pyridine rings is 1. The van der Waals surface area contributed by atoms with Crippen LogP contribution in [0.1, 0.15) is 31.2 Å². The predicted octanol–water partition coefficient (Wildman–Crippen LogP) is 5.90. The molecule has 1 aliphatic carbocycles. The van der Waals surface area contributed by atoms with E-state index in [-0.39, 0.29) is 11.9 Å². The SMILES string of the molecule is Cc1cc(Oc2ccnc3[nH]nc(N[C@@H]4CCCN(C(=O)C=CCN(C)C5CC5)C4)c23)ccc1Oc1ccccc1. The number of H-pyrrole nitrogens is 1. The van der Waals surface area contributed by atoms with Crippen LogP contribution in [0.4, 0.5) is 5.82 Å². The molecule has 1 saturated carbocycles. The summed E-state index contributed by atoms with van der Waals surface area (Å²) >= 11 is 0. The van der Waals surface area contributed by atoms with Crippen molar-refractivity contribution >= 4 is 22.8 Å². The zero-order valence-corrected chi connectivity index (χ0v) is 23.5. The molecule has 0 unspecified atom stereocenters. The highest BCUT2D eigenvalue weighted by molar-refractivity contribution is 5.93. The average Bonchev–Trinajstić information content (AvgIpc) is 3.76. The summed E-state index contributed by atoms with van der Waals surface area (Å²) in [5.41, 5.74) is 1.60. The summed E-state index contributed by atoms with van der Waals surface area (Å²) < 4.78 is 12.4. The molecule has 2 fully saturated rings. The normalized spacial score (nSPS) is 17.3. The molecule has 1 saturated heterocycles. The van der Waals surface area contributed by atoms with Crippen LogP contribution >= 0.6 is 0 Å². The molecule has 2 aromatic heterocycles. The highest BCUT2D eigenvalue weighted by Gasteiger charge is 2.26. The van der Waals surface area contributed by atoms with Crippen molar-refractivity contribution in [2.45, 2.75) is 44.7 Å². The van der Waals surface area contributed by atoms with Gasteiger partial charge in [0.2, 0.25) is 5.91 Å². The number of anilines is 1. The van der Waals surface area contributed by atoms with Gasteiger partial charge in [0.1, 0.15) is 28.4 Å². The van der Waals surface area contributed by atoms with Crippen LogP contribution in [0.25, 0.3) is 11.0 Å². The number of nitrogens with one attached hydrogen (secondary N) is 2. The van der Waals surface area contributed by atoms with Crippen LogP contribution < -0.4 is 14.8 Å². The third-order valence-corrected chi connectivity index (χ3v) is 7.67. The number of amides is 1. The lowest BCUT2D eigenvalue weighted by Gasteiger charge is -2.32. The van der Waals surface area contributed by atoms with Gasteiger partial charge in [0.25, 0.3) is 0 Å². The van der Waals surface area contributed by atoms with Gasteiger partial charge in [-0.05, 0) is 75.5 Å². The molecule has 212 valence electrons. The van der Waals surface area contributed by atoms with Gasteiger partial charge >= 0.3 is 0 Å². The second-order valence-electron chi connectivity index (χ2n) is 10.9. The number of carbonyl (C=O) groups excluding carboxylic acids is 1. The number of fused-ring (bicyclic) bond motifs is 1. The first-order chi connectivity index (χ1) is 20.0. The van der Waals surface area contributed by atoms with E-state index in [4.69, 9.17) is 9.47 Å². The highest BCUT2D eigenvalue weighted by atomic mass is 16.5. The molecule has 0 radical (unpaired) electrons. The number of aromatic nitrogens is 3. The van der Waals surface area contributed by atoms with Crippen LogP contribution in [0.15, 0.2) is 72.9 Å². The van der Waals surface area contributed by atoms with E-state index >= 15 is 0 Å². The molecule has 1 atom stereocenters. The van der Waals surface area contributed by atoms with Crippen molar-refractivity contribution in [2.24, 2.45) is 0 Å². The maximum Gasteiger partial charge on any atom is 0.246 e. The summed E-state index contributed by atoms with van der Waals surface area (Å²) in [6.45, 7) is 4.19. The van der Waals surface area contributed by atoms with E-state index in [9.17, 15) is 4.79 Å². The molecule has 1 amide bonds. The number of likely N-dealkylation sites (tertiary alicyclic amines) is 1. The fraction of sp³-hybridized carbons (Fsp3) is 0.344. The van der Waals surface area contributed by atoms with Crippen LogP contribution in [0.2, 0.25) is 0 Å². The van der Waals surface area contributed by atoms with Crippen molar-refractivity contribution in [2.75, 3.05) is 32.0 Å². The quantitative estimate of drug-likeness (QED) is 0.236. The number of nitrogens with zero attached hydrogens (tertiary/aromatic N) is 4. The van der Waals surface area contributed by atoms with E-state index in [1.807, 2.05) is 72.5 Å². The van der Waals surface area contributed by atoms with E-state index in [1.165, 1.54) is 12.8 Å². The molecule has 2 aromatic carbocycles. The second kappa shape index (κ2) is 12.0. The Bertz CT molecular complexity index is 1530. The summed E-state index contributed by atoms with van der Waals surface area (Å²) in [5, 5.41) is 11.9. The number of rotatable bonds is 10. The van der Waals surface area contributed by atoms with Crippen LogP contribution in [0, 0.1) is 6.92 Å². The van der Waals surface area contributed by atoms with Gasteiger partial charge in [0, 0.05) is 50.1 Å². The van der Waals surface area contributed by atoms with Crippen molar-refractivity contribution in [3.05, 3.63) is 78.5 Å². The van der Waals surface area contributed by atoms with Crippen LogP contribution in [0.3, 0.4) is 0 Å². The van der Waals surface area contributed by atoms with E-state index in [2.05, 4.69) is 32.4 Å². The molecule has 2 N–H and O–H groups in total. The minimum atomic E-state index is 0.0633. The summed E-state index contributed by atoms with van der Waals surface area (Å²) in [6.07, 6.45) is 9.81. The number of hydrogen-bond acceptors (Lipinski definition) is 7. The van der Waals surface area contributed by atoms with Crippen molar-refractivity contribution in [1.82, 2.24) is 25.0 Å². The Morgan fingerprint density at radius 1 is 1.10 bits per heavy atom.